The van der Waals surface area contributed by atoms with Crippen LogP contribution in [0.1, 0.15) is 6.92 Å². The molecule has 0 aliphatic carbocycles. The van der Waals surface area contributed by atoms with Gasteiger partial charge in [0.2, 0.25) is 5.96 Å². The summed E-state index contributed by atoms with van der Waals surface area (Å²) in [6.45, 7) is 1.99. The first kappa shape index (κ1) is 12.0. The standard InChI is InChI=1S/C6H12N4.HNO3/c1-5-3-4-9(2)10(5)6(7)8;2-1(3)4/h3-5H,1-2H3,(H3,7,8);(H,2,3,4). The molecule has 0 aromatic carbocycles. The molecular weight excluding hydrogens is 190 g/mol. The third-order valence-corrected chi connectivity index (χ3v) is 1.55. The Bertz CT molecular complexity index is 238. The van der Waals surface area contributed by atoms with Crippen LogP contribution < -0.4 is 5.73 Å². The largest absolute Gasteiger partial charge is 0.369 e. The maximum Gasteiger partial charge on any atom is 0.291 e. The van der Waals surface area contributed by atoms with E-state index in [1.807, 2.05) is 26.2 Å². The average Bonchev–Trinajstić information content (AvgIpc) is 2.29. The van der Waals surface area contributed by atoms with Crippen molar-refractivity contribution in [1.29, 1.82) is 5.41 Å². The first-order chi connectivity index (χ1) is 6.36. The van der Waals surface area contributed by atoms with Gasteiger partial charge in [0.05, 0.1) is 6.04 Å². The number of hydrogen-bond acceptors (Lipinski definition) is 4. The van der Waals surface area contributed by atoms with Gasteiger partial charge in [-0.15, -0.1) is 10.1 Å². The van der Waals surface area contributed by atoms with Crippen LogP contribution in [0, 0.1) is 15.5 Å². The second-order valence-electron chi connectivity index (χ2n) is 2.62. The molecule has 1 rings (SSSR count). The Kier molecular flexibility index (Phi) is 4.20. The van der Waals surface area contributed by atoms with Gasteiger partial charge in [0, 0.05) is 13.2 Å². The summed E-state index contributed by atoms with van der Waals surface area (Å²) in [6.07, 6.45) is 3.88. The van der Waals surface area contributed by atoms with Gasteiger partial charge in [0.25, 0.3) is 5.09 Å². The normalized spacial score (nSPS) is 18.9. The molecule has 0 radical (unpaired) electrons. The molecule has 0 aromatic rings. The Labute approximate surface area is 80.8 Å². The fraction of sp³-hybridized carbons (Fsp3) is 0.500. The van der Waals surface area contributed by atoms with Gasteiger partial charge in [-0.25, -0.2) is 5.01 Å². The van der Waals surface area contributed by atoms with Crippen molar-refractivity contribution in [2.24, 2.45) is 5.73 Å². The molecule has 0 amide bonds. The number of guanidine groups is 1. The maximum atomic E-state index is 8.36. The average molecular weight is 203 g/mol. The molecule has 80 valence electrons. The van der Waals surface area contributed by atoms with E-state index in [1.165, 1.54) is 0 Å². The molecule has 1 unspecified atom stereocenters. The molecule has 0 spiro atoms. The minimum absolute atomic E-state index is 0.0833. The lowest BCUT2D eigenvalue weighted by Crippen LogP contribution is -2.45. The Morgan fingerprint density at radius 3 is 2.36 bits per heavy atom. The summed E-state index contributed by atoms with van der Waals surface area (Å²) < 4.78 is 0. The number of nitrogens with zero attached hydrogens (tertiary/aromatic N) is 3. The highest BCUT2D eigenvalue weighted by atomic mass is 16.9. The minimum Gasteiger partial charge on any atom is -0.369 e. The van der Waals surface area contributed by atoms with Crippen LogP contribution >= 0.6 is 0 Å². The Balaban J connectivity index is 0.000000364. The third-order valence-electron chi connectivity index (χ3n) is 1.55. The lowest BCUT2D eigenvalue weighted by molar-refractivity contribution is -0.742. The maximum absolute atomic E-state index is 8.36. The molecular formula is C6H13N5O3. The van der Waals surface area contributed by atoms with Gasteiger partial charge < -0.3 is 10.9 Å². The fourth-order valence-electron chi connectivity index (χ4n) is 1.08. The first-order valence-electron chi connectivity index (χ1n) is 3.74. The number of nitrogens with two attached hydrogens (primary N) is 1. The highest BCUT2D eigenvalue weighted by Crippen LogP contribution is 2.10. The summed E-state index contributed by atoms with van der Waals surface area (Å²) in [7, 11) is 1.86. The number of nitrogens with one attached hydrogen (secondary N) is 1. The molecule has 8 nitrogen and oxygen atoms in total. The van der Waals surface area contributed by atoms with Gasteiger partial charge in [-0.2, -0.15) is 0 Å². The van der Waals surface area contributed by atoms with Gasteiger partial charge in [0.15, 0.2) is 0 Å². The number of hydrogen-bond donors (Lipinski definition) is 3. The lowest BCUT2D eigenvalue weighted by Gasteiger charge is -2.28. The van der Waals surface area contributed by atoms with E-state index in [2.05, 4.69) is 0 Å². The molecule has 4 N–H and O–H groups in total. The van der Waals surface area contributed by atoms with Gasteiger partial charge in [-0.1, -0.05) is 0 Å². The Hall–Kier alpha value is -1.99. The van der Waals surface area contributed by atoms with E-state index in [4.69, 9.17) is 26.5 Å². The molecule has 1 atom stereocenters. The summed E-state index contributed by atoms with van der Waals surface area (Å²) in [5.74, 6) is 0.0833. The van der Waals surface area contributed by atoms with Crippen LogP contribution in [0.15, 0.2) is 12.3 Å². The van der Waals surface area contributed by atoms with Crippen LogP contribution in [-0.4, -0.2) is 39.4 Å². The minimum atomic E-state index is -1.50. The van der Waals surface area contributed by atoms with Gasteiger partial charge >= 0.3 is 0 Å². The van der Waals surface area contributed by atoms with Gasteiger partial charge in [0.1, 0.15) is 0 Å². The number of rotatable bonds is 0. The van der Waals surface area contributed by atoms with Crippen LogP contribution in [0.5, 0.6) is 0 Å². The molecule has 0 bridgehead atoms. The summed E-state index contributed by atoms with van der Waals surface area (Å²) in [4.78, 5) is 8.36. The topological polar surface area (TPSA) is 120 Å². The Morgan fingerprint density at radius 1 is 1.79 bits per heavy atom. The summed E-state index contributed by atoms with van der Waals surface area (Å²) in [5, 5.41) is 24.3. The van der Waals surface area contributed by atoms with E-state index in [-0.39, 0.29) is 12.0 Å². The van der Waals surface area contributed by atoms with E-state index >= 15 is 0 Å². The molecule has 1 aliphatic rings. The molecule has 1 heterocycles. The van der Waals surface area contributed by atoms with E-state index in [0.29, 0.717) is 0 Å². The summed E-state index contributed by atoms with van der Waals surface area (Å²) in [6, 6.07) is 0.211. The monoisotopic (exact) mass is 203 g/mol. The molecule has 0 aromatic heterocycles. The zero-order chi connectivity index (χ0) is 11.3. The quantitative estimate of drug-likeness (QED) is 0.213. The van der Waals surface area contributed by atoms with E-state index in [9.17, 15) is 0 Å². The molecule has 1 aliphatic heterocycles. The van der Waals surface area contributed by atoms with Gasteiger partial charge in [-0.3, -0.25) is 10.4 Å². The lowest BCUT2D eigenvalue weighted by atomic mass is 10.3. The van der Waals surface area contributed by atoms with Crippen LogP contribution in [0.4, 0.5) is 0 Å². The smallest absolute Gasteiger partial charge is 0.291 e. The summed E-state index contributed by atoms with van der Waals surface area (Å²) in [5.41, 5.74) is 5.31. The summed E-state index contributed by atoms with van der Waals surface area (Å²) >= 11 is 0. The van der Waals surface area contributed by atoms with Crippen LogP contribution in [-0.2, 0) is 0 Å². The van der Waals surface area contributed by atoms with E-state index in [0.717, 1.165) is 0 Å². The van der Waals surface area contributed by atoms with Crippen LogP contribution in [0.25, 0.3) is 0 Å². The van der Waals surface area contributed by atoms with Crippen LogP contribution in [0.3, 0.4) is 0 Å². The number of hydrazine groups is 1. The Morgan fingerprint density at radius 2 is 2.21 bits per heavy atom. The second-order valence-corrected chi connectivity index (χ2v) is 2.62. The zero-order valence-electron chi connectivity index (χ0n) is 7.91. The molecule has 0 saturated heterocycles. The molecule has 0 fully saturated rings. The van der Waals surface area contributed by atoms with Crippen molar-refractivity contribution >= 4 is 5.96 Å². The first-order valence-corrected chi connectivity index (χ1v) is 3.74. The van der Waals surface area contributed by atoms with Crippen molar-refractivity contribution in [3.63, 3.8) is 0 Å². The molecule has 0 saturated carbocycles. The zero-order valence-corrected chi connectivity index (χ0v) is 7.91. The van der Waals surface area contributed by atoms with E-state index in [1.54, 1.807) is 10.0 Å². The van der Waals surface area contributed by atoms with E-state index < -0.39 is 5.09 Å². The predicted molar refractivity (Wildman–Crippen MR) is 48.9 cm³/mol. The van der Waals surface area contributed by atoms with Crippen molar-refractivity contribution in [3.8, 4) is 0 Å². The van der Waals surface area contributed by atoms with Crippen molar-refractivity contribution in [2.45, 2.75) is 13.0 Å². The predicted octanol–water partition coefficient (Wildman–Crippen LogP) is -0.403. The van der Waals surface area contributed by atoms with Crippen molar-refractivity contribution < 1.29 is 10.3 Å². The second kappa shape index (κ2) is 4.90. The third kappa shape index (κ3) is 3.61. The molecule has 8 heteroatoms. The van der Waals surface area contributed by atoms with Crippen molar-refractivity contribution in [1.82, 2.24) is 10.0 Å². The van der Waals surface area contributed by atoms with Crippen LogP contribution in [0.2, 0.25) is 0 Å². The highest BCUT2D eigenvalue weighted by molar-refractivity contribution is 5.75. The van der Waals surface area contributed by atoms with Gasteiger partial charge in [-0.05, 0) is 13.0 Å². The fourth-order valence-corrected chi connectivity index (χ4v) is 1.08. The molecule has 14 heavy (non-hydrogen) atoms. The van der Waals surface area contributed by atoms with Crippen molar-refractivity contribution in [3.05, 3.63) is 22.4 Å². The SMILES string of the molecule is CC1C=CN(C)N1C(=N)N.O=[N+]([O-])O. The van der Waals surface area contributed by atoms with Crippen molar-refractivity contribution in [2.75, 3.05) is 7.05 Å². The highest BCUT2D eigenvalue weighted by Gasteiger charge is 2.20.